The second-order valence-corrected chi connectivity index (χ2v) is 8.62. The summed E-state index contributed by atoms with van der Waals surface area (Å²) in [5.41, 5.74) is 2.40. The van der Waals surface area contributed by atoms with E-state index in [9.17, 15) is 19.2 Å². The van der Waals surface area contributed by atoms with E-state index in [1.807, 2.05) is 0 Å². The maximum atomic E-state index is 13.2. The van der Waals surface area contributed by atoms with Crippen LogP contribution in [0.2, 0.25) is 0 Å². The van der Waals surface area contributed by atoms with Gasteiger partial charge >= 0.3 is 6.03 Å². The van der Waals surface area contributed by atoms with Gasteiger partial charge < -0.3 is 19.5 Å². The Morgan fingerprint density at radius 1 is 0.923 bits per heavy atom. The minimum absolute atomic E-state index is 0.0122. The quantitative estimate of drug-likeness (QED) is 0.318. The Labute approximate surface area is 225 Å². The van der Waals surface area contributed by atoms with Gasteiger partial charge in [0.15, 0.2) is 0 Å². The van der Waals surface area contributed by atoms with Crippen molar-refractivity contribution in [1.29, 1.82) is 0 Å². The Bertz CT molecular complexity index is 1430. The van der Waals surface area contributed by atoms with Gasteiger partial charge in [-0.1, -0.05) is 18.2 Å². The highest BCUT2D eigenvalue weighted by Crippen LogP contribution is 2.25. The van der Waals surface area contributed by atoms with E-state index in [1.165, 1.54) is 20.1 Å². The van der Waals surface area contributed by atoms with Crippen LogP contribution in [-0.4, -0.2) is 42.9 Å². The molecule has 0 aromatic heterocycles. The van der Waals surface area contributed by atoms with E-state index in [0.29, 0.717) is 39.6 Å². The van der Waals surface area contributed by atoms with Gasteiger partial charge in [0, 0.05) is 18.2 Å². The number of benzene rings is 3. The molecule has 1 fully saturated rings. The molecule has 5 amide bonds. The van der Waals surface area contributed by atoms with Crippen LogP contribution in [0.1, 0.15) is 23.6 Å². The highest BCUT2D eigenvalue weighted by molar-refractivity contribution is 6.30. The summed E-state index contributed by atoms with van der Waals surface area (Å²) < 4.78 is 16.5. The van der Waals surface area contributed by atoms with Crippen molar-refractivity contribution < 1.29 is 33.4 Å². The van der Waals surface area contributed by atoms with Crippen LogP contribution in [0, 0.1) is 0 Å². The van der Waals surface area contributed by atoms with Crippen LogP contribution >= 0.6 is 0 Å². The van der Waals surface area contributed by atoms with E-state index in [1.54, 1.807) is 73.8 Å². The highest BCUT2D eigenvalue weighted by atomic mass is 16.5. The van der Waals surface area contributed by atoms with E-state index in [-0.39, 0.29) is 24.6 Å². The molecule has 0 bridgehead atoms. The van der Waals surface area contributed by atoms with Crippen molar-refractivity contribution in [2.45, 2.75) is 20.1 Å². The third kappa shape index (κ3) is 6.61. The number of carbonyl (C=O) groups excluding carboxylic acids is 4. The molecule has 10 nitrogen and oxygen atoms in total. The van der Waals surface area contributed by atoms with Crippen molar-refractivity contribution in [3.05, 3.63) is 89.0 Å². The molecule has 3 aromatic carbocycles. The number of methoxy groups -OCH3 is 2. The summed E-state index contributed by atoms with van der Waals surface area (Å²) in [6, 6.07) is 18.2. The molecule has 1 saturated heterocycles. The Kier molecular flexibility index (Phi) is 8.25. The summed E-state index contributed by atoms with van der Waals surface area (Å²) in [7, 11) is 3.07. The lowest BCUT2D eigenvalue weighted by atomic mass is 10.0. The van der Waals surface area contributed by atoms with Crippen LogP contribution in [0.4, 0.5) is 10.5 Å². The summed E-state index contributed by atoms with van der Waals surface area (Å²) in [6.07, 6.45) is 1.43. The normalized spacial score (nSPS) is 14.2. The SMILES string of the molecule is COc1ccc(CN2C(=O)NC(=O)/C(=C/c3ccc(OC)c(COc4ccc(NC(C)=O)cc4)c3)C2=O)cc1. The van der Waals surface area contributed by atoms with Gasteiger partial charge in [-0.05, 0) is 65.7 Å². The lowest BCUT2D eigenvalue weighted by Crippen LogP contribution is -2.53. The van der Waals surface area contributed by atoms with Crippen molar-refractivity contribution in [3.63, 3.8) is 0 Å². The van der Waals surface area contributed by atoms with Gasteiger partial charge in [-0.25, -0.2) is 4.79 Å². The molecule has 10 heteroatoms. The fourth-order valence-corrected chi connectivity index (χ4v) is 3.92. The maximum Gasteiger partial charge on any atom is 0.331 e. The van der Waals surface area contributed by atoms with Crippen molar-refractivity contribution in [2.24, 2.45) is 0 Å². The number of hydrogen-bond donors (Lipinski definition) is 2. The van der Waals surface area contributed by atoms with Gasteiger partial charge in [-0.15, -0.1) is 0 Å². The molecule has 0 radical (unpaired) electrons. The van der Waals surface area contributed by atoms with Crippen LogP contribution in [-0.2, 0) is 27.5 Å². The summed E-state index contributed by atoms with van der Waals surface area (Å²) in [5.74, 6) is 0.131. The molecule has 0 unspecified atom stereocenters. The first kappa shape index (κ1) is 26.9. The first-order chi connectivity index (χ1) is 18.8. The molecule has 1 heterocycles. The molecular weight excluding hydrogens is 502 g/mol. The third-order valence-corrected chi connectivity index (χ3v) is 5.87. The zero-order chi connectivity index (χ0) is 27.9. The van der Waals surface area contributed by atoms with Gasteiger partial charge in [-0.3, -0.25) is 24.6 Å². The number of nitrogens with one attached hydrogen (secondary N) is 2. The number of barbiturate groups is 1. The lowest BCUT2D eigenvalue weighted by Gasteiger charge is -2.26. The zero-order valence-electron chi connectivity index (χ0n) is 21.6. The fourth-order valence-electron chi connectivity index (χ4n) is 3.92. The number of amides is 5. The van der Waals surface area contributed by atoms with E-state index < -0.39 is 17.8 Å². The van der Waals surface area contributed by atoms with Crippen LogP contribution in [0.15, 0.2) is 72.3 Å². The van der Waals surface area contributed by atoms with E-state index in [2.05, 4.69) is 10.6 Å². The van der Waals surface area contributed by atoms with Crippen LogP contribution in [0.3, 0.4) is 0 Å². The fraction of sp³-hybridized carbons (Fsp3) is 0.172. The molecule has 0 aliphatic carbocycles. The number of nitrogens with zero attached hydrogens (tertiary/aromatic N) is 1. The first-order valence-electron chi connectivity index (χ1n) is 12.0. The predicted octanol–water partition coefficient (Wildman–Crippen LogP) is 3.90. The molecule has 3 aromatic rings. The average molecular weight is 530 g/mol. The molecule has 200 valence electrons. The minimum Gasteiger partial charge on any atom is -0.497 e. The lowest BCUT2D eigenvalue weighted by molar-refractivity contribution is -0.130. The van der Waals surface area contributed by atoms with Crippen molar-refractivity contribution in [1.82, 2.24) is 10.2 Å². The number of anilines is 1. The monoisotopic (exact) mass is 529 g/mol. The second kappa shape index (κ2) is 12.0. The number of ether oxygens (including phenoxy) is 3. The van der Waals surface area contributed by atoms with Crippen LogP contribution in [0.25, 0.3) is 6.08 Å². The summed E-state index contributed by atoms with van der Waals surface area (Å²) in [6.45, 7) is 1.56. The van der Waals surface area contributed by atoms with E-state index in [0.717, 1.165) is 4.90 Å². The predicted molar refractivity (Wildman–Crippen MR) is 143 cm³/mol. The number of imide groups is 2. The van der Waals surface area contributed by atoms with Crippen LogP contribution in [0.5, 0.6) is 17.2 Å². The molecule has 0 spiro atoms. The number of urea groups is 1. The van der Waals surface area contributed by atoms with Gasteiger partial charge in [0.25, 0.3) is 11.8 Å². The summed E-state index contributed by atoms with van der Waals surface area (Å²) >= 11 is 0. The zero-order valence-corrected chi connectivity index (χ0v) is 21.6. The van der Waals surface area contributed by atoms with Gasteiger partial charge in [-0.2, -0.15) is 0 Å². The number of hydrogen-bond acceptors (Lipinski definition) is 7. The molecule has 0 saturated carbocycles. The average Bonchev–Trinajstić information content (AvgIpc) is 2.93. The highest BCUT2D eigenvalue weighted by Gasteiger charge is 2.35. The topological polar surface area (TPSA) is 123 Å². The van der Waals surface area contributed by atoms with Gasteiger partial charge in [0.1, 0.15) is 29.4 Å². The van der Waals surface area contributed by atoms with Gasteiger partial charge in [0.2, 0.25) is 5.91 Å². The number of rotatable bonds is 9. The minimum atomic E-state index is -0.786. The summed E-state index contributed by atoms with van der Waals surface area (Å²) in [4.78, 5) is 50.4. The Balaban J connectivity index is 1.52. The molecular formula is C29H27N3O7. The Morgan fingerprint density at radius 2 is 1.62 bits per heavy atom. The van der Waals surface area contributed by atoms with Gasteiger partial charge in [0.05, 0.1) is 20.8 Å². The van der Waals surface area contributed by atoms with E-state index in [4.69, 9.17) is 14.2 Å². The Morgan fingerprint density at radius 3 is 2.26 bits per heavy atom. The van der Waals surface area contributed by atoms with Crippen molar-refractivity contribution >= 4 is 35.5 Å². The molecule has 1 aliphatic heterocycles. The standard InChI is InChI=1S/C29H27N3O7/c1-18(33)30-22-7-11-24(12-8-22)39-17-21-14-20(6-13-26(21)38-3)15-25-27(34)31-29(36)32(28(25)35)16-19-4-9-23(37-2)10-5-19/h4-15H,16-17H2,1-3H3,(H,30,33)(H,31,34,36)/b25-15-. The van der Waals surface area contributed by atoms with Crippen LogP contribution < -0.4 is 24.8 Å². The largest absolute Gasteiger partial charge is 0.497 e. The molecule has 2 N–H and O–H groups in total. The van der Waals surface area contributed by atoms with E-state index >= 15 is 0 Å². The van der Waals surface area contributed by atoms with Crippen molar-refractivity contribution in [3.8, 4) is 17.2 Å². The molecule has 0 atom stereocenters. The molecule has 39 heavy (non-hydrogen) atoms. The second-order valence-electron chi connectivity index (χ2n) is 8.62. The molecule has 4 rings (SSSR count). The number of carbonyl (C=O) groups is 4. The summed E-state index contributed by atoms with van der Waals surface area (Å²) in [5, 5.41) is 4.92. The van der Waals surface area contributed by atoms with Crippen molar-refractivity contribution in [2.75, 3.05) is 19.5 Å². The molecule has 1 aliphatic rings. The third-order valence-electron chi connectivity index (χ3n) is 5.87. The Hall–Kier alpha value is -5.12. The maximum absolute atomic E-state index is 13.2. The smallest absolute Gasteiger partial charge is 0.331 e. The first-order valence-corrected chi connectivity index (χ1v) is 12.0.